The zero-order valence-corrected chi connectivity index (χ0v) is 20.0. The first-order valence-electron chi connectivity index (χ1n) is 11.4. The number of rotatable bonds is 5. The Labute approximate surface area is 202 Å². The zero-order valence-electron chi connectivity index (χ0n) is 19.2. The number of nitrogens with zero attached hydrogens (tertiary/aromatic N) is 5. The Morgan fingerprint density at radius 1 is 1.03 bits per heavy atom. The lowest BCUT2D eigenvalue weighted by Crippen LogP contribution is -2.43. The second-order valence-electron chi connectivity index (χ2n) is 8.60. The van der Waals surface area contributed by atoms with E-state index in [-0.39, 0.29) is 23.5 Å². The third-order valence-electron chi connectivity index (χ3n) is 6.02. The second kappa shape index (κ2) is 9.71. The van der Waals surface area contributed by atoms with Gasteiger partial charge in [-0.1, -0.05) is 0 Å². The number of fused-ring (bicyclic) bond motifs is 1. The molecule has 34 heavy (non-hydrogen) atoms. The lowest BCUT2D eigenvalue weighted by Gasteiger charge is -2.34. The number of nitrogens with one attached hydrogen (secondary N) is 2. The molecule has 1 fully saturated rings. The molecule has 0 aliphatic carbocycles. The summed E-state index contributed by atoms with van der Waals surface area (Å²) in [7, 11) is 0. The third kappa shape index (κ3) is 4.65. The highest BCUT2D eigenvalue weighted by molar-refractivity contribution is 7.99. The van der Waals surface area contributed by atoms with Gasteiger partial charge in [-0.3, -0.25) is 0 Å². The molecule has 0 spiro atoms. The Hall–Kier alpha value is -2.98. The summed E-state index contributed by atoms with van der Waals surface area (Å²) in [6.45, 7) is 8.71. The van der Waals surface area contributed by atoms with E-state index < -0.39 is 5.82 Å². The van der Waals surface area contributed by atoms with E-state index in [0.717, 1.165) is 56.0 Å². The summed E-state index contributed by atoms with van der Waals surface area (Å²) in [4.78, 5) is 17.9. The van der Waals surface area contributed by atoms with Gasteiger partial charge in [-0.15, -0.1) is 11.8 Å². The van der Waals surface area contributed by atoms with E-state index in [1.165, 1.54) is 17.8 Å². The van der Waals surface area contributed by atoms with E-state index >= 15 is 0 Å². The molecule has 3 aromatic rings. The maximum atomic E-state index is 15.0. The lowest BCUT2D eigenvalue weighted by atomic mass is 10.1. The number of benzene rings is 1. The first-order valence-corrected chi connectivity index (χ1v) is 12.4. The van der Waals surface area contributed by atoms with E-state index in [2.05, 4.69) is 49.2 Å². The summed E-state index contributed by atoms with van der Waals surface area (Å²) in [6, 6.07) is 7.21. The van der Waals surface area contributed by atoms with Gasteiger partial charge < -0.3 is 20.4 Å². The van der Waals surface area contributed by atoms with Crippen molar-refractivity contribution in [3.05, 3.63) is 48.3 Å². The standard InChI is InChI=1S/C24H27F2N7S/c1-15(2)33-9-10-34-23-18(25)11-16(12-20(23)33)22-19(26)14-29-24(31-22)30-21-4-3-17(13-28-21)32-7-5-27-6-8-32/h3-4,11-15,27H,5-10H2,1-2H3,(H,28,29,30,31). The molecule has 0 bridgehead atoms. The molecule has 1 saturated heterocycles. The first kappa shape index (κ1) is 22.8. The number of halogens is 2. The third-order valence-corrected chi connectivity index (χ3v) is 7.10. The van der Waals surface area contributed by atoms with Crippen molar-refractivity contribution >= 4 is 34.9 Å². The predicted octanol–water partition coefficient (Wildman–Crippen LogP) is 4.29. The molecule has 0 amide bonds. The quantitative estimate of drug-likeness (QED) is 0.557. The Morgan fingerprint density at radius 2 is 1.85 bits per heavy atom. The Bertz CT molecular complexity index is 1170. The lowest BCUT2D eigenvalue weighted by molar-refractivity contribution is 0.589. The van der Waals surface area contributed by atoms with Crippen molar-refractivity contribution in [2.45, 2.75) is 24.8 Å². The fraction of sp³-hybridized carbons (Fsp3) is 0.375. The van der Waals surface area contributed by atoms with Crippen LogP contribution in [0.1, 0.15) is 13.8 Å². The molecular formula is C24H27F2N7S. The van der Waals surface area contributed by atoms with Gasteiger partial charge in [-0.05, 0) is 38.1 Å². The van der Waals surface area contributed by atoms with E-state index in [1.807, 2.05) is 18.2 Å². The zero-order chi connectivity index (χ0) is 23.7. The van der Waals surface area contributed by atoms with E-state index in [4.69, 9.17) is 0 Å². The fourth-order valence-electron chi connectivity index (χ4n) is 4.29. The van der Waals surface area contributed by atoms with Gasteiger partial charge in [-0.2, -0.15) is 0 Å². The van der Waals surface area contributed by atoms with Gasteiger partial charge >= 0.3 is 0 Å². The molecule has 2 aromatic heterocycles. The molecule has 0 atom stereocenters. The number of hydrogen-bond acceptors (Lipinski definition) is 8. The van der Waals surface area contributed by atoms with Crippen molar-refractivity contribution in [3.63, 3.8) is 0 Å². The minimum atomic E-state index is -0.605. The molecule has 2 N–H and O–H groups in total. The summed E-state index contributed by atoms with van der Waals surface area (Å²) in [5.74, 6) is 0.604. The SMILES string of the molecule is CC(C)N1CCSc2c(F)cc(-c3nc(Nc4ccc(N5CCNCC5)cn4)ncc3F)cc21. The number of hydrogen-bond donors (Lipinski definition) is 2. The van der Waals surface area contributed by atoms with Gasteiger partial charge in [0, 0.05) is 50.1 Å². The number of piperazine rings is 1. The number of anilines is 4. The van der Waals surface area contributed by atoms with Crippen LogP contribution in [0.5, 0.6) is 0 Å². The Kier molecular flexibility index (Phi) is 6.51. The average Bonchev–Trinajstić information content (AvgIpc) is 2.86. The number of aromatic nitrogens is 3. The molecule has 10 heteroatoms. The van der Waals surface area contributed by atoms with Crippen molar-refractivity contribution in [3.8, 4) is 11.3 Å². The maximum Gasteiger partial charge on any atom is 0.229 e. The van der Waals surface area contributed by atoms with Gasteiger partial charge in [0.2, 0.25) is 5.95 Å². The summed E-state index contributed by atoms with van der Waals surface area (Å²) in [5.41, 5.74) is 2.26. The fourth-order valence-corrected chi connectivity index (χ4v) is 5.30. The minimum absolute atomic E-state index is 0.0518. The normalized spacial score (nSPS) is 16.0. The summed E-state index contributed by atoms with van der Waals surface area (Å²) in [6.07, 6.45) is 2.90. The van der Waals surface area contributed by atoms with Crippen LogP contribution in [0.25, 0.3) is 11.3 Å². The molecule has 4 heterocycles. The molecule has 0 radical (unpaired) electrons. The van der Waals surface area contributed by atoms with Crippen LogP contribution in [0.4, 0.5) is 31.9 Å². The van der Waals surface area contributed by atoms with E-state index in [0.29, 0.717) is 16.3 Å². The monoisotopic (exact) mass is 483 g/mol. The predicted molar refractivity (Wildman–Crippen MR) is 133 cm³/mol. The van der Waals surface area contributed by atoms with Crippen molar-refractivity contribution in [1.82, 2.24) is 20.3 Å². The highest BCUT2D eigenvalue weighted by Gasteiger charge is 2.25. The first-order chi connectivity index (χ1) is 16.5. The van der Waals surface area contributed by atoms with Crippen LogP contribution in [-0.4, -0.2) is 59.5 Å². The minimum Gasteiger partial charge on any atom is -0.368 e. The smallest absolute Gasteiger partial charge is 0.229 e. The van der Waals surface area contributed by atoms with Gasteiger partial charge in [0.1, 0.15) is 17.3 Å². The molecule has 7 nitrogen and oxygen atoms in total. The van der Waals surface area contributed by atoms with Crippen LogP contribution in [0, 0.1) is 11.6 Å². The van der Waals surface area contributed by atoms with Crippen LogP contribution in [0.2, 0.25) is 0 Å². The summed E-state index contributed by atoms with van der Waals surface area (Å²) < 4.78 is 29.7. The molecule has 5 rings (SSSR count). The average molecular weight is 484 g/mol. The second-order valence-corrected chi connectivity index (χ2v) is 9.70. The number of pyridine rings is 1. The molecular weight excluding hydrogens is 456 g/mol. The molecule has 0 saturated carbocycles. The van der Waals surface area contributed by atoms with Crippen LogP contribution in [0.15, 0.2) is 41.6 Å². The summed E-state index contributed by atoms with van der Waals surface area (Å²) >= 11 is 1.49. The number of thioether (sulfide) groups is 1. The van der Waals surface area contributed by atoms with Gasteiger partial charge in [0.15, 0.2) is 5.82 Å². The van der Waals surface area contributed by atoms with E-state index in [9.17, 15) is 8.78 Å². The van der Waals surface area contributed by atoms with Crippen molar-refractivity contribution < 1.29 is 8.78 Å². The van der Waals surface area contributed by atoms with Gasteiger partial charge in [-0.25, -0.2) is 23.7 Å². The van der Waals surface area contributed by atoms with Gasteiger partial charge in [0.25, 0.3) is 0 Å². The van der Waals surface area contributed by atoms with Crippen molar-refractivity contribution in [1.29, 1.82) is 0 Å². The maximum absolute atomic E-state index is 15.0. The van der Waals surface area contributed by atoms with Crippen LogP contribution in [0.3, 0.4) is 0 Å². The van der Waals surface area contributed by atoms with Crippen LogP contribution >= 0.6 is 11.8 Å². The molecule has 1 aromatic carbocycles. The van der Waals surface area contributed by atoms with Crippen molar-refractivity contribution in [2.24, 2.45) is 0 Å². The molecule has 2 aliphatic rings. The Balaban J connectivity index is 1.41. The molecule has 178 valence electrons. The highest BCUT2D eigenvalue weighted by Crippen LogP contribution is 2.41. The molecule has 2 aliphatic heterocycles. The van der Waals surface area contributed by atoms with Crippen LogP contribution < -0.4 is 20.4 Å². The largest absolute Gasteiger partial charge is 0.368 e. The topological polar surface area (TPSA) is 69.2 Å². The van der Waals surface area contributed by atoms with Gasteiger partial charge in [0.05, 0.1) is 28.7 Å². The van der Waals surface area contributed by atoms with E-state index in [1.54, 1.807) is 6.20 Å². The Morgan fingerprint density at radius 3 is 2.59 bits per heavy atom. The summed E-state index contributed by atoms with van der Waals surface area (Å²) in [5, 5.41) is 6.37. The van der Waals surface area contributed by atoms with Crippen molar-refractivity contribution in [2.75, 3.05) is 53.6 Å². The van der Waals surface area contributed by atoms with Crippen LogP contribution in [-0.2, 0) is 0 Å². The highest BCUT2D eigenvalue weighted by atomic mass is 32.2. The molecule has 0 unspecified atom stereocenters.